The van der Waals surface area contributed by atoms with Crippen molar-refractivity contribution in [2.75, 3.05) is 7.05 Å². The monoisotopic (exact) mass is 336 g/mol. The molecule has 6 nitrogen and oxygen atoms in total. The van der Waals surface area contributed by atoms with Gasteiger partial charge in [-0.1, -0.05) is 17.7 Å². The predicted octanol–water partition coefficient (Wildman–Crippen LogP) is 1.83. The molecule has 1 aliphatic rings. The Kier molecular flexibility index (Phi) is 4.47. The Labute approximate surface area is 138 Å². The van der Waals surface area contributed by atoms with Gasteiger partial charge in [-0.15, -0.1) is 0 Å². The van der Waals surface area contributed by atoms with Crippen molar-refractivity contribution in [3.63, 3.8) is 0 Å². The van der Waals surface area contributed by atoms with Gasteiger partial charge in [0.25, 0.3) is 0 Å². The molecule has 23 heavy (non-hydrogen) atoms. The highest BCUT2D eigenvalue weighted by atomic mass is 35.5. The lowest BCUT2D eigenvalue weighted by atomic mass is 10.1. The number of hydrogen-bond acceptors (Lipinski definition) is 3. The maximum absolute atomic E-state index is 13.9. The van der Waals surface area contributed by atoms with Crippen molar-refractivity contribution in [3.8, 4) is 0 Å². The van der Waals surface area contributed by atoms with Crippen molar-refractivity contribution in [3.05, 3.63) is 46.8 Å². The molecule has 2 N–H and O–H groups in total. The predicted molar refractivity (Wildman–Crippen MR) is 86.9 cm³/mol. The summed E-state index contributed by atoms with van der Waals surface area (Å²) in [7, 11) is 3.52. The zero-order valence-electron chi connectivity index (χ0n) is 12.9. The number of benzene rings is 1. The number of aliphatic imine (C=N–C) groups is 1. The van der Waals surface area contributed by atoms with E-state index in [1.54, 1.807) is 23.9 Å². The molecule has 0 aliphatic heterocycles. The Bertz CT molecular complexity index is 708. The number of hydrogen-bond donors (Lipinski definition) is 2. The fraction of sp³-hybridized carbons (Fsp3) is 0.400. The maximum Gasteiger partial charge on any atom is 0.191 e. The van der Waals surface area contributed by atoms with Crippen molar-refractivity contribution in [2.45, 2.75) is 24.9 Å². The third-order valence-electron chi connectivity index (χ3n) is 3.93. The summed E-state index contributed by atoms with van der Waals surface area (Å²) in [6.07, 6.45) is 2.33. The van der Waals surface area contributed by atoms with Gasteiger partial charge in [0.1, 0.15) is 18.0 Å². The topological polar surface area (TPSA) is 67.1 Å². The van der Waals surface area contributed by atoms with E-state index in [1.165, 1.54) is 12.4 Å². The van der Waals surface area contributed by atoms with Crippen LogP contribution in [0.3, 0.4) is 0 Å². The van der Waals surface area contributed by atoms with E-state index < -0.39 is 0 Å². The highest BCUT2D eigenvalue weighted by Crippen LogP contribution is 2.44. The first-order chi connectivity index (χ1) is 11.1. The SMILES string of the molecule is CN=C(NCc1ncnn1C)NC1CC1c1c(F)cccc1Cl. The molecular weight excluding hydrogens is 319 g/mol. The molecule has 2 unspecified atom stereocenters. The van der Waals surface area contributed by atoms with E-state index in [2.05, 4.69) is 25.7 Å². The van der Waals surface area contributed by atoms with Crippen molar-refractivity contribution in [2.24, 2.45) is 12.0 Å². The van der Waals surface area contributed by atoms with E-state index >= 15 is 0 Å². The second kappa shape index (κ2) is 6.54. The van der Waals surface area contributed by atoms with Crippen molar-refractivity contribution < 1.29 is 4.39 Å². The first-order valence-electron chi connectivity index (χ1n) is 7.34. The third kappa shape index (κ3) is 3.44. The summed E-state index contributed by atoms with van der Waals surface area (Å²) in [4.78, 5) is 8.32. The lowest BCUT2D eigenvalue weighted by Gasteiger charge is -2.12. The van der Waals surface area contributed by atoms with Crippen LogP contribution in [-0.2, 0) is 13.6 Å². The van der Waals surface area contributed by atoms with E-state index in [0.717, 1.165) is 12.2 Å². The van der Waals surface area contributed by atoms with Crippen LogP contribution in [0.2, 0.25) is 5.02 Å². The van der Waals surface area contributed by atoms with Crippen LogP contribution in [0.5, 0.6) is 0 Å². The number of nitrogens with zero attached hydrogens (tertiary/aromatic N) is 4. The number of nitrogens with one attached hydrogen (secondary N) is 2. The summed E-state index contributed by atoms with van der Waals surface area (Å²) >= 11 is 6.11. The molecule has 0 spiro atoms. The number of aryl methyl sites for hydroxylation is 1. The molecule has 0 amide bonds. The minimum absolute atomic E-state index is 0.0667. The minimum Gasteiger partial charge on any atom is -0.353 e. The zero-order valence-corrected chi connectivity index (χ0v) is 13.7. The standard InChI is InChI=1S/C15H18ClFN6/c1-18-15(19-7-13-20-8-21-23(13)2)22-12-6-9(12)14-10(16)4-3-5-11(14)17/h3-5,8-9,12H,6-7H2,1-2H3,(H2,18,19,22). The molecule has 3 rings (SSSR count). The smallest absolute Gasteiger partial charge is 0.191 e. The van der Waals surface area contributed by atoms with Gasteiger partial charge in [0.05, 0.1) is 6.54 Å². The zero-order chi connectivity index (χ0) is 16.4. The first kappa shape index (κ1) is 15.7. The third-order valence-corrected chi connectivity index (χ3v) is 4.26. The molecule has 0 bridgehead atoms. The Morgan fingerprint density at radius 2 is 2.35 bits per heavy atom. The van der Waals surface area contributed by atoms with Crippen LogP contribution in [-0.4, -0.2) is 33.8 Å². The van der Waals surface area contributed by atoms with Crippen LogP contribution in [0.25, 0.3) is 0 Å². The fourth-order valence-corrected chi connectivity index (χ4v) is 2.85. The maximum atomic E-state index is 13.9. The summed E-state index contributed by atoms with van der Waals surface area (Å²) in [5.41, 5.74) is 0.579. The molecule has 1 fully saturated rings. The second-order valence-electron chi connectivity index (χ2n) is 5.45. The van der Waals surface area contributed by atoms with Gasteiger partial charge >= 0.3 is 0 Å². The van der Waals surface area contributed by atoms with E-state index in [-0.39, 0.29) is 17.8 Å². The Morgan fingerprint density at radius 1 is 1.52 bits per heavy atom. The highest BCUT2D eigenvalue weighted by Gasteiger charge is 2.41. The van der Waals surface area contributed by atoms with Crippen LogP contribution >= 0.6 is 11.6 Å². The Balaban J connectivity index is 1.58. The lowest BCUT2D eigenvalue weighted by molar-refractivity contribution is 0.607. The first-order valence-corrected chi connectivity index (χ1v) is 7.72. The molecule has 0 radical (unpaired) electrons. The Morgan fingerprint density at radius 3 is 3.00 bits per heavy atom. The van der Waals surface area contributed by atoms with Crippen molar-refractivity contribution in [1.29, 1.82) is 0 Å². The Hall–Kier alpha value is -2.15. The molecule has 1 saturated carbocycles. The lowest BCUT2D eigenvalue weighted by Crippen LogP contribution is -2.39. The summed E-state index contributed by atoms with van der Waals surface area (Å²) in [5, 5.41) is 10.9. The molecule has 122 valence electrons. The largest absolute Gasteiger partial charge is 0.353 e. The fourth-order valence-electron chi connectivity index (χ4n) is 2.55. The van der Waals surface area contributed by atoms with Gasteiger partial charge < -0.3 is 10.6 Å². The van der Waals surface area contributed by atoms with Gasteiger partial charge in [-0.2, -0.15) is 5.10 Å². The van der Waals surface area contributed by atoms with E-state index in [0.29, 0.717) is 23.1 Å². The van der Waals surface area contributed by atoms with E-state index in [4.69, 9.17) is 11.6 Å². The number of rotatable bonds is 4. The molecule has 2 atom stereocenters. The van der Waals surface area contributed by atoms with E-state index in [1.807, 2.05) is 7.05 Å². The molecular formula is C15H18ClFN6. The van der Waals surface area contributed by atoms with Gasteiger partial charge in [-0.05, 0) is 18.6 Å². The molecule has 1 aliphatic carbocycles. The van der Waals surface area contributed by atoms with Crippen LogP contribution in [0.4, 0.5) is 4.39 Å². The summed E-state index contributed by atoms with van der Waals surface area (Å²) < 4.78 is 15.6. The van der Waals surface area contributed by atoms with Crippen LogP contribution in [0, 0.1) is 5.82 Å². The van der Waals surface area contributed by atoms with Gasteiger partial charge in [-0.25, -0.2) is 9.37 Å². The molecule has 2 aromatic rings. The number of guanidine groups is 1. The molecule has 1 aromatic carbocycles. The van der Waals surface area contributed by atoms with Crippen LogP contribution in [0.15, 0.2) is 29.5 Å². The molecule has 1 heterocycles. The number of halogens is 2. The molecule has 1 aromatic heterocycles. The van der Waals surface area contributed by atoms with Crippen molar-refractivity contribution >= 4 is 17.6 Å². The van der Waals surface area contributed by atoms with E-state index in [9.17, 15) is 4.39 Å². The van der Waals surface area contributed by atoms with Crippen LogP contribution < -0.4 is 10.6 Å². The average Bonchev–Trinajstić information content (AvgIpc) is 3.15. The summed E-state index contributed by atoms with van der Waals surface area (Å²) in [6.45, 7) is 0.508. The highest BCUT2D eigenvalue weighted by molar-refractivity contribution is 6.31. The normalized spacial score (nSPS) is 20.4. The summed E-state index contributed by atoms with van der Waals surface area (Å²) in [6, 6.07) is 4.90. The molecule has 0 saturated heterocycles. The second-order valence-corrected chi connectivity index (χ2v) is 5.86. The van der Waals surface area contributed by atoms with Gasteiger partial charge in [0.15, 0.2) is 5.96 Å². The minimum atomic E-state index is -0.256. The quantitative estimate of drug-likeness (QED) is 0.660. The van der Waals surface area contributed by atoms with Gasteiger partial charge in [0, 0.05) is 36.6 Å². The van der Waals surface area contributed by atoms with Gasteiger partial charge in [0.2, 0.25) is 0 Å². The summed E-state index contributed by atoms with van der Waals surface area (Å²) in [5.74, 6) is 1.26. The number of aromatic nitrogens is 3. The average molecular weight is 337 g/mol. The molecule has 8 heteroatoms. The van der Waals surface area contributed by atoms with Crippen LogP contribution in [0.1, 0.15) is 23.7 Å². The van der Waals surface area contributed by atoms with Crippen molar-refractivity contribution in [1.82, 2.24) is 25.4 Å². The van der Waals surface area contributed by atoms with Gasteiger partial charge in [-0.3, -0.25) is 9.67 Å².